The molecule has 1 rings (SSSR count). The van der Waals surface area contributed by atoms with Crippen LogP contribution < -0.4 is 5.32 Å². The quantitative estimate of drug-likeness (QED) is 0.567. The minimum Gasteiger partial charge on any atom is -0.383 e. The summed E-state index contributed by atoms with van der Waals surface area (Å²) >= 11 is 0. The largest absolute Gasteiger partial charge is 0.383 e. The van der Waals surface area contributed by atoms with Gasteiger partial charge in [0.15, 0.2) is 0 Å². The first-order valence-corrected chi connectivity index (χ1v) is 8.56. The summed E-state index contributed by atoms with van der Waals surface area (Å²) in [6.45, 7) is 11.7. The van der Waals surface area contributed by atoms with Crippen molar-refractivity contribution in [2.45, 2.75) is 58.5 Å². The predicted octanol–water partition coefficient (Wildman–Crippen LogP) is 2.53. The number of ether oxygens (including phenoxy) is 2. The third kappa shape index (κ3) is 6.64. The molecule has 0 spiro atoms. The molecule has 1 saturated carbocycles. The minimum absolute atomic E-state index is 0.359. The molecule has 0 bridgehead atoms. The van der Waals surface area contributed by atoms with Gasteiger partial charge in [-0.25, -0.2) is 0 Å². The first kappa shape index (κ1) is 18.9. The number of hydrogen-bond donors (Lipinski definition) is 1. The molecule has 21 heavy (non-hydrogen) atoms. The first-order valence-electron chi connectivity index (χ1n) is 8.56. The van der Waals surface area contributed by atoms with Crippen molar-refractivity contribution in [3.63, 3.8) is 0 Å². The minimum atomic E-state index is 0.359. The van der Waals surface area contributed by atoms with E-state index < -0.39 is 0 Å². The maximum atomic E-state index is 5.36. The van der Waals surface area contributed by atoms with Crippen LogP contribution in [0.5, 0.6) is 0 Å². The van der Waals surface area contributed by atoms with Gasteiger partial charge in [0.1, 0.15) is 0 Å². The Balaban J connectivity index is 2.62. The van der Waals surface area contributed by atoms with Crippen LogP contribution in [0.4, 0.5) is 0 Å². The summed E-state index contributed by atoms with van der Waals surface area (Å²) in [7, 11) is 3.56. The van der Waals surface area contributed by atoms with Crippen LogP contribution in [0.1, 0.15) is 46.5 Å². The molecular formula is C17H36N2O2. The molecule has 1 atom stereocenters. The van der Waals surface area contributed by atoms with Crippen molar-refractivity contribution in [2.24, 2.45) is 5.41 Å². The Labute approximate surface area is 131 Å². The van der Waals surface area contributed by atoms with E-state index >= 15 is 0 Å². The van der Waals surface area contributed by atoms with E-state index in [2.05, 4.69) is 31.0 Å². The Hall–Kier alpha value is -0.160. The summed E-state index contributed by atoms with van der Waals surface area (Å²) in [5.41, 5.74) is 0.359. The van der Waals surface area contributed by atoms with Gasteiger partial charge in [0.05, 0.1) is 13.2 Å². The highest BCUT2D eigenvalue weighted by Gasteiger charge is 2.32. The average molecular weight is 300 g/mol. The van der Waals surface area contributed by atoms with E-state index in [0.717, 1.165) is 38.9 Å². The molecule has 0 aromatic carbocycles. The fourth-order valence-electron chi connectivity index (χ4n) is 2.87. The van der Waals surface area contributed by atoms with Gasteiger partial charge in [0, 0.05) is 45.9 Å². The normalized spacial score (nSPS) is 17.4. The van der Waals surface area contributed by atoms with Crippen molar-refractivity contribution in [3.8, 4) is 0 Å². The number of nitrogens with zero attached hydrogens (tertiary/aromatic N) is 1. The molecule has 1 aliphatic rings. The lowest BCUT2D eigenvalue weighted by Gasteiger charge is -2.40. The van der Waals surface area contributed by atoms with Gasteiger partial charge in [0.2, 0.25) is 0 Å². The maximum Gasteiger partial charge on any atom is 0.0615 e. The van der Waals surface area contributed by atoms with E-state index in [9.17, 15) is 0 Å². The third-order valence-corrected chi connectivity index (χ3v) is 5.00. The zero-order valence-electron chi connectivity index (χ0n) is 14.8. The van der Waals surface area contributed by atoms with Crippen molar-refractivity contribution in [1.29, 1.82) is 0 Å². The second-order valence-electron chi connectivity index (χ2n) is 6.63. The Morgan fingerprint density at radius 1 is 1.19 bits per heavy atom. The van der Waals surface area contributed by atoms with E-state index in [1.165, 1.54) is 25.7 Å². The monoisotopic (exact) mass is 300 g/mol. The molecule has 0 heterocycles. The fourth-order valence-corrected chi connectivity index (χ4v) is 2.87. The van der Waals surface area contributed by atoms with E-state index in [4.69, 9.17) is 9.47 Å². The Bertz CT molecular complexity index is 266. The second-order valence-corrected chi connectivity index (χ2v) is 6.63. The molecule has 0 aromatic heterocycles. The van der Waals surface area contributed by atoms with Gasteiger partial charge in [-0.05, 0) is 38.0 Å². The number of nitrogens with one attached hydrogen (secondary N) is 1. The van der Waals surface area contributed by atoms with Crippen LogP contribution in [-0.4, -0.2) is 64.1 Å². The van der Waals surface area contributed by atoms with Gasteiger partial charge in [-0.3, -0.25) is 4.90 Å². The molecular weight excluding hydrogens is 264 g/mol. The van der Waals surface area contributed by atoms with Crippen molar-refractivity contribution in [1.82, 2.24) is 10.2 Å². The SMILES string of the molecule is CCC(CC)(CNC1CC1)CN(CCOC)C(C)COC. The second kappa shape index (κ2) is 9.78. The van der Waals surface area contributed by atoms with E-state index in [1.807, 2.05) is 0 Å². The lowest BCUT2D eigenvalue weighted by atomic mass is 9.81. The molecule has 1 aliphatic carbocycles. The van der Waals surface area contributed by atoms with Crippen LogP contribution in [0.3, 0.4) is 0 Å². The van der Waals surface area contributed by atoms with Crippen LogP contribution in [0.25, 0.3) is 0 Å². The standard InChI is InChI=1S/C17H36N2O2/c1-6-17(7-2,13-18-16-8-9-16)14-19(10-11-20-4)15(3)12-21-5/h15-16,18H,6-14H2,1-5H3. The zero-order valence-corrected chi connectivity index (χ0v) is 14.8. The zero-order chi connectivity index (χ0) is 15.7. The highest BCUT2D eigenvalue weighted by Crippen LogP contribution is 2.30. The van der Waals surface area contributed by atoms with E-state index in [1.54, 1.807) is 14.2 Å². The van der Waals surface area contributed by atoms with Gasteiger partial charge < -0.3 is 14.8 Å². The predicted molar refractivity (Wildman–Crippen MR) is 88.8 cm³/mol. The van der Waals surface area contributed by atoms with Crippen LogP contribution in [0, 0.1) is 5.41 Å². The molecule has 4 nitrogen and oxygen atoms in total. The summed E-state index contributed by atoms with van der Waals surface area (Å²) in [5, 5.41) is 3.74. The summed E-state index contributed by atoms with van der Waals surface area (Å²) in [6, 6.07) is 1.22. The topological polar surface area (TPSA) is 33.7 Å². The molecule has 126 valence electrons. The lowest BCUT2D eigenvalue weighted by Crippen LogP contribution is -2.49. The lowest BCUT2D eigenvalue weighted by molar-refractivity contribution is 0.0394. The van der Waals surface area contributed by atoms with Crippen molar-refractivity contribution in [2.75, 3.05) is 47.1 Å². The average Bonchev–Trinajstić information content (AvgIpc) is 3.31. The third-order valence-electron chi connectivity index (χ3n) is 5.00. The van der Waals surface area contributed by atoms with Gasteiger partial charge in [0.25, 0.3) is 0 Å². The molecule has 1 N–H and O–H groups in total. The summed E-state index contributed by atoms with van der Waals surface area (Å²) in [6.07, 6.45) is 5.15. The highest BCUT2D eigenvalue weighted by molar-refractivity contribution is 4.89. The van der Waals surface area contributed by atoms with Crippen LogP contribution in [0.15, 0.2) is 0 Å². The molecule has 0 saturated heterocycles. The van der Waals surface area contributed by atoms with Crippen molar-refractivity contribution < 1.29 is 9.47 Å². The van der Waals surface area contributed by atoms with Gasteiger partial charge >= 0.3 is 0 Å². The number of rotatable bonds is 13. The molecule has 0 aliphatic heterocycles. The molecule has 0 aromatic rings. The van der Waals surface area contributed by atoms with Crippen LogP contribution >= 0.6 is 0 Å². The van der Waals surface area contributed by atoms with Gasteiger partial charge in [-0.15, -0.1) is 0 Å². The van der Waals surface area contributed by atoms with E-state index in [-0.39, 0.29) is 0 Å². The Kier molecular flexibility index (Phi) is 8.79. The summed E-state index contributed by atoms with van der Waals surface area (Å²) in [5.74, 6) is 0. The number of methoxy groups -OCH3 is 2. The van der Waals surface area contributed by atoms with Crippen LogP contribution in [0.2, 0.25) is 0 Å². The molecule has 0 radical (unpaired) electrons. The smallest absolute Gasteiger partial charge is 0.0615 e. The van der Waals surface area contributed by atoms with Crippen molar-refractivity contribution in [3.05, 3.63) is 0 Å². The van der Waals surface area contributed by atoms with Crippen molar-refractivity contribution >= 4 is 0 Å². The molecule has 4 heteroatoms. The molecule has 1 fully saturated rings. The number of hydrogen-bond acceptors (Lipinski definition) is 4. The van der Waals surface area contributed by atoms with E-state index in [0.29, 0.717) is 11.5 Å². The molecule has 0 amide bonds. The molecule has 1 unspecified atom stereocenters. The van der Waals surface area contributed by atoms with Gasteiger partial charge in [-0.1, -0.05) is 13.8 Å². The van der Waals surface area contributed by atoms with Gasteiger partial charge in [-0.2, -0.15) is 0 Å². The summed E-state index contributed by atoms with van der Waals surface area (Å²) in [4.78, 5) is 2.54. The Morgan fingerprint density at radius 2 is 1.86 bits per heavy atom. The maximum absolute atomic E-state index is 5.36. The highest BCUT2D eigenvalue weighted by atomic mass is 16.5. The first-order chi connectivity index (χ1) is 10.1. The fraction of sp³-hybridized carbons (Fsp3) is 1.00. The summed E-state index contributed by atoms with van der Waals surface area (Å²) < 4.78 is 10.6. The Morgan fingerprint density at radius 3 is 2.33 bits per heavy atom. The van der Waals surface area contributed by atoms with Crippen LogP contribution in [-0.2, 0) is 9.47 Å².